The lowest BCUT2D eigenvalue weighted by Gasteiger charge is -2.09. The largest absolute Gasteiger partial charge is 0.493 e. The number of ether oxygens (including phenoxy) is 1. The molecule has 0 fully saturated rings. The van der Waals surface area contributed by atoms with E-state index in [2.05, 4.69) is 12.4 Å². The lowest BCUT2D eigenvalue weighted by molar-refractivity contribution is -0.133. The summed E-state index contributed by atoms with van der Waals surface area (Å²) in [7, 11) is 0. The molecule has 20 heavy (non-hydrogen) atoms. The Morgan fingerprint density at radius 3 is 2.70 bits per heavy atom. The molecule has 1 aromatic rings. The summed E-state index contributed by atoms with van der Waals surface area (Å²) < 4.78 is 5.63. The van der Waals surface area contributed by atoms with Crippen molar-refractivity contribution in [3.63, 3.8) is 0 Å². The van der Waals surface area contributed by atoms with Gasteiger partial charge in [0.1, 0.15) is 5.75 Å². The molecule has 0 saturated carbocycles. The molecular formula is C16H25NO3. The topological polar surface area (TPSA) is 47.6 Å². The van der Waals surface area contributed by atoms with E-state index in [4.69, 9.17) is 9.57 Å². The Hall–Kier alpha value is -1.55. The van der Waals surface area contributed by atoms with Gasteiger partial charge in [-0.25, -0.2) is 5.48 Å². The molecule has 1 N–H and O–H groups in total. The number of rotatable bonds is 10. The minimum Gasteiger partial charge on any atom is -0.493 e. The van der Waals surface area contributed by atoms with E-state index in [1.807, 2.05) is 31.2 Å². The van der Waals surface area contributed by atoms with Gasteiger partial charge in [-0.05, 0) is 25.0 Å². The molecule has 4 nitrogen and oxygen atoms in total. The molecule has 0 heterocycles. The van der Waals surface area contributed by atoms with Crippen molar-refractivity contribution in [3.05, 3.63) is 29.8 Å². The Labute approximate surface area is 121 Å². The summed E-state index contributed by atoms with van der Waals surface area (Å²) in [6.45, 7) is 5.17. The fraction of sp³-hybridized carbons (Fsp3) is 0.562. The molecule has 0 saturated heterocycles. The Bertz CT molecular complexity index is 393. The molecule has 0 aromatic heterocycles. The molecule has 0 radical (unpaired) electrons. The average Bonchev–Trinajstić information content (AvgIpc) is 2.45. The maximum Gasteiger partial charge on any atom is 0.243 e. The minimum absolute atomic E-state index is 0.0433. The van der Waals surface area contributed by atoms with Crippen LogP contribution >= 0.6 is 0 Å². The second-order valence-electron chi connectivity index (χ2n) is 4.80. The number of benzene rings is 1. The molecule has 0 aliphatic rings. The smallest absolute Gasteiger partial charge is 0.243 e. The number of hydrogen-bond donors (Lipinski definition) is 1. The van der Waals surface area contributed by atoms with Crippen LogP contribution in [0, 0.1) is 6.92 Å². The van der Waals surface area contributed by atoms with E-state index in [9.17, 15) is 4.79 Å². The molecule has 112 valence electrons. The molecule has 4 heteroatoms. The highest BCUT2D eigenvalue weighted by Crippen LogP contribution is 2.15. The number of unbranched alkanes of at least 4 members (excludes halogenated alkanes) is 2. The van der Waals surface area contributed by atoms with Gasteiger partial charge in [0, 0.05) is 12.8 Å². The zero-order chi connectivity index (χ0) is 14.6. The molecule has 1 rings (SSSR count). The lowest BCUT2D eigenvalue weighted by atomic mass is 10.2. The number of para-hydroxylation sites is 1. The highest BCUT2D eigenvalue weighted by molar-refractivity contribution is 5.74. The molecule has 0 spiro atoms. The van der Waals surface area contributed by atoms with Gasteiger partial charge in [-0.3, -0.25) is 9.63 Å². The zero-order valence-corrected chi connectivity index (χ0v) is 12.5. The molecule has 0 aliphatic heterocycles. The van der Waals surface area contributed by atoms with Gasteiger partial charge < -0.3 is 4.74 Å². The number of hydrogen-bond acceptors (Lipinski definition) is 3. The van der Waals surface area contributed by atoms with Gasteiger partial charge in [-0.15, -0.1) is 0 Å². The predicted octanol–water partition coefficient (Wildman–Crippen LogP) is 3.39. The fourth-order valence-corrected chi connectivity index (χ4v) is 1.75. The second-order valence-corrected chi connectivity index (χ2v) is 4.80. The summed E-state index contributed by atoms with van der Waals surface area (Å²) in [5, 5.41) is 0. The van der Waals surface area contributed by atoms with Crippen molar-refractivity contribution in [2.45, 2.75) is 46.0 Å². The number of amides is 1. The Morgan fingerprint density at radius 1 is 1.15 bits per heavy atom. The molecule has 1 amide bonds. The third-order valence-corrected chi connectivity index (χ3v) is 2.94. The Morgan fingerprint density at radius 2 is 1.95 bits per heavy atom. The number of carbonyl (C=O) groups is 1. The number of aryl methyl sites for hydroxylation is 1. The highest BCUT2D eigenvalue weighted by atomic mass is 16.7. The molecule has 1 aromatic carbocycles. The Balaban J connectivity index is 2.00. The van der Waals surface area contributed by atoms with Crippen molar-refractivity contribution in [2.24, 2.45) is 0 Å². The summed E-state index contributed by atoms with van der Waals surface area (Å²) in [4.78, 5) is 16.5. The van der Waals surface area contributed by atoms with Crippen LogP contribution in [0.3, 0.4) is 0 Å². The predicted molar refractivity (Wildman–Crippen MR) is 79.5 cm³/mol. The summed E-state index contributed by atoms with van der Waals surface area (Å²) in [5.41, 5.74) is 3.58. The maximum absolute atomic E-state index is 11.3. The van der Waals surface area contributed by atoms with E-state index in [1.54, 1.807) is 0 Å². The summed E-state index contributed by atoms with van der Waals surface area (Å²) in [5.74, 6) is 0.856. The number of nitrogens with one attached hydrogen (secondary N) is 1. The highest BCUT2D eigenvalue weighted by Gasteiger charge is 2.01. The van der Waals surface area contributed by atoms with E-state index in [1.165, 1.54) is 0 Å². The van der Waals surface area contributed by atoms with Crippen LogP contribution in [0.25, 0.3) is 0 Å². The quantitative estimate of drug-likeness (QED) is 0.527. The van der Waals surface area contributed by atoms with Crippen LogP contribution in [-0.2, 0) is 9.63 Å². The van der Waals surface area contributed by atoms with Crippen molar-refractivity contribution >= 4 is 5.91 Å². The fourth-order valence-electron chi connectivity index (χ4n) is 1.75. The van der Waals surface area contributed by atoms with Crippen LogP contribution in [0.5, 0.6) is 5.75 Å². The number of carbonyl (C=O) groups excluding carboxylic acids is 1. The van der Waals surface area contributed by atoms with E-state index in [-0.39, 0.29) is 5.91 Å². The van der Waals surface area contributed by atoms with E-state index in [0.29, 0.717) is 19.6 Å². The molecule has 0 aliphatic carbocycles. The minimum atomic E-state index is -0.0433. The van der Waals surface area contributed by atoms with Crippen molar-refractivity contribution in [2.75, 3.05) is 13.2 Å². The third kappa shape index (κ3) is 7.14. The van der Waals surface area contributed by atoms with Gasteiger partial charge in [0.05, 0.1) is 13.2 Å². The van der Waals surface area contributed by atoms with Crippen LogP contribution < -0.4 is 10.2 Å². The molecule has 0 bridgehead atoms. The van der Waals surface area contributed by atoms with Gasteiger partial charge in [0.25, 0.3) is 0 Å². The molecule has 0 atom stereocenters. The summed E-state index contributed by atoms with van der Waals surface area (Å²) >= 11 is 0. The first-order valence-electron chi connectivity index (χ1n) is 7.33. The van der Waals surface area contributed by atoms with Crippen molar-refractivity contribution < 1.29 is 14.4 Å². The van der Waals surface area contributed by atoms with E-state index in [0.717, 1.165) is 37.0 Å². The SMILES string of the molecule is CCCCCC(=O)NOCCCOc1ccccc1C. The second kappa shape index (κ2) is 10.3. The first kappa shape index (κ1) is 16.5. The Kier molecular flexibility index (Phi) is 8.47. The number of hydroxylamine groups is 1. The van der Waals surface area contributed by atoms with Crippen LogP contribution in [0.15, 0.2) is 24.3 Å². The van der Waals surface area contributed by atoms with Crippen LogP contribution in [-0.4, -0.2) is 19.1 Å². The van der Waals surface area contributed by atoms with Crippen LogP contribution in [0.2, 0.25) is 0 Å². The lowest BCUT2D eigenvalue weighted by Crippen LogP contribution is -2.24. The van der Waals surface area contributed by atoms with Gasteiger partial charge in [-0.2, -0.15) is 0 Å². The third-order valence-electron chi connectivity index (χ3n) is 2.94. The van der Waals surface area contributed by atoms with Crippen molar-refractivity contribution in [1.82, 2.24) is 5.48 Å². The van der Waals surface area contributed by atoms with Crippen molar-refractivity contribution in [3.8, 4) is 5.75 Å². The molecule has 0 unspecified atom stereocenters. The first-order chi connectivity index (χ1) is 9.74. The van der Waals surface area contributed by atoms with Crippen LogP contribution in [0.1, 0.15) is 44.6 Å². The van der Waals surface area contributed by atoms with E-state index < -0.39 is 0 Å². The molecular weight excluding hydrogens is 254 g/mol. The summed E-state index contributed by atoms with van der Waals surface area (Å²) in [6, 6.07) is 7.91. The maximum atomic E-state index is 11.3. The van der Waals surface area contributed by atoms with Gasteiger partial charge in [0.15, 0.2) is 0 Å². The van der Waals surface area contributed by atoms with Gasteiger partial charge in [0.2, 0.25) is 5.91 Å². The standard InChI is InChI=1S/C16H25NO3/c1-3-4-5-11-16(18)17-20-13-8-12-19-15-10-7-6-9-14(15)2/h6-7,9-10H,3-5,8,11-13H2,1-2H3,(H,17,18). The van der Waals surface area contributed by atoms with E-state index >= 15 is 0 Å². The summed E-state index contributed by atoms with van der Waals surface area (Å²) in [6.07, 6.45) is 4.39. The van der Waals surface area contributed by atoms with Crippen molar-refractivity contribution in [1.29, 1.82) is 0 Å². The van der Waals surface area contributed by atoms with Gasteiger partial charge in [-0.1, -0.05) is 38.0 Å². The monoisotopic (exact) mass is 279 g/mol. The average molecular weight is 279 g/mol. The van der Waals surface area contributed by atoms with Gasteiger partial charge >= 0.3 is 0 Å². The van der Waals surface area contributed by atoms with Crippen LogP contribution in [0.4, 0.5) is 0 Å². The first-order valence-corrected chi connectivity index (χ1v) is 7.33. The zero-order valence-electron chi connectivity index (χ0n) is 12.5. The normalized spacial score (nSPS) is 10.3.